The highest BCUT2D eigenvalue weighted by Crippen LogP contribution is 2.29. The maximum absolute atomic E-state index is 11.2. The summed E-state index contributed by atoms with van der Waals surface area (Å²) < 4.78 is 0. The fraction of sp³-hybridized carbons (Fsp3) is 0.308. The van der Waals surface area contributed by atoms with Crippen LogP contribution in [0.5, 0.6) is 0 Å². The molecule has 17 heavy (non-hydrogen) atoms. The monoisotopic (exact) mass is 230 g/mol. The number of fused-ring (bicyclic) bond motifs is 1. The van der Waals surface area contributed by atoms with E-state index in [4.69, 9.17) is 0 Å². The number of para-hydroxylation sites is 1. The Kier molecular flexibility index (Phi) is 2.28. The highest BCUT2D eigenvalue weighted by atomic mass is 16.4. The normalized spacial score (nSPS) is 15.1. The summed E-state index contributed by atoms with van der Waals surface area (Å²) in [5.74, 6) is 0. The van der Waals surface area contributed by atoms with E-state index in [1.165, 1.54) is 4.90 Å². The topological polar surface area (TPSA) is 56.3 Å². The van der Waals surface area contributed by atoms with Gasteiger partial charge in [-0.3, -0.25) is 0 Å². The van der Waals surface area contributed by atoms with Crippen LogP contribution in [0, 0.1) is 0 Å². The molecule has 88 valence electrons. The van der Waals surface area contributed by atoms with Crippen molar-refractivity contribution < 1.29 is 9.90 Å². The Morgan fingerprint density at radius 1 is 1.41 bits per heavy atom. The number of benzene rings is 1. The number of hydrogen-bond donors (Lipinski definition) is 2. The average Bonchev–Trinajstić information content (AvgIpc) is 3.07. The highest BCUT2D eigenvalue weighted by molar-refractivity contribution is 5.83. The van der Waals surface area contributed by atoms with Crippen LogP contribution >= 0.6 is 0 Å². The third kappa shape index (κ3) is 1.86. The fourth-order valence-corrected chi connectivity index (χ4v) is 2.19. The molecule has 1 fully saturated rings. The summed E-state index contributed by atoms with van der Waals surface area (Å²) >= 11 is 0. The molecule has 2 aromatic rings. The Balaban J connectivity index is 1.90. The van der Waals surface area contributed by atoms with E-state index in [0.717, 1.165) is 29.3 Å². The Morgan fingerprint density at radius 3 is 2.88 bits per heavy atom. The van der Waals surface area contributed by atoms with Gasteiger partial charge < -0.3 is 15.0 Å². The molecule has 1 aromatic heterocycles. The molecule has 0 spiro atoms. The fourth-order valence-electron chi connectivity index (χ4n) is 2.19. The maximum atomic E-state index is 11.2. The van der Waals surface area contributed by atoms with Crippen molar-refractivity contribution in [3.8, 4) is 0 Å². The van der Waals surface area contributed by atoms with Gasteiger partial charge in [0, 0.05) is 23.1 Å². The molecule has 1 heterocycles. The van der Waals surface area contributed by atoms with E-state index in [2.05, 4.69) is 4.98 Å². The summed E-state index contributed by atoms with van der Waals surface area (Å²) in [5.41, 5.74) is 2.11. The predicted octanol–water partition coefficient (Wildman–Crippen LogP) is 2.81. The van der Waals surface area contributed by atoms with E-state index in [-0.39, 0.29) is 6.04 Å². The van der Waals surface area contributed by atoms with Crippen molar-refractivity contribution in [3.05, 3.63) is 36.0 Å². The zero-order valence-corrected chi connectivity index (χ0v) is 9.39. The van der Waals surface area contributed by atoms with Crippen molar-refractivity contribution in [2.45, 2.75) is 25.4 Å². The molecule has 1 amide bonds. The van der Waals surface area contributed by atoms with Crippen LogP contribution in [-0.2, 0) is 6.54 Å². The lowest BCUT2D eigenvalue weighted by molar-refractivity contribution is 0.139. The van der Waals surface area contributed by atoms with E-state index in [1.54, 1.807) is 0 Å². The number of hydrogen-bond acceptors (Lipinski definition) is 1. The van der Waals surface area contributed by atoms with Gasteiger partial charge in [-0.05, 0) is 24.5 Å². The number of aromatic amines is 1. The molecule has 0 bridgehead atoms. The van der Waals surface area contributed by atoms with Crippen molar-refractivity contribution in [1.82, 2.24) is 9.88 Å². The number of amides is 1. The number of nitrogens with zero attached hydrogens (tertiary/aromatic N) is 1. The quantitative estimate of drug-likeness (QED) is 0.851. The van der Waals surface area contributed by atoms with Crippen LogP contribution in [0.25, 0.3) is 10.9 Å². The zero-order chi connectivity index (χ0) is 11.8. The lowest BCUT2D eigenvalue weighted by atomic mass is 10.1. The predicted molar refractivity (Wildman–Crippen MR) is 64.9 cm³/mol. The van der Waals surface area contributed by atoms with E-state index in [1.807, 2.05) is 30.5 Å². The van der Waals surface area contributed by atoms with Gasteiger partial charge in [0.25, 0.3) is 0 Å². The molecule has 2 N–H and O–H groups in total. The molecule has 0 saturated heterocycles. The summed E-state index contributed by atoms with van der Waals surface area (Å²) in [4.78, 5) is 15.9. The highest BCUT2D eigenvalue weighted by Gasteiger charge is 2.32. The first-order valence-electron chi connectivity index (χ1n) is 5.80. The van der Waals surface area contributed by atoms with Crippen LogP contribution in [0.4, 0.5) is 4.79 Å². The third-order valence-electron chi connectivity index (χ3n) is 3.25. The molecule has 1 aromatic carbocycles. The molecule has 0 unspecified atom stereocenters. The molecular formula is C13H14N2O2. The van der Waals surface area contributed by atoms with Gasteiger partial charge in [-0.15, -0.1) is 0 Å². The maximum Gasteiger partial charge on any atom is 0.407 e. The van der Waals surface area contributed by atoms with Crippen molar-refractivity contribution >= 4 is 17.0 Å². The number of nitrogens with one attached hydrogen (secondary N) is 1. The lowest BCUT2D eigenvalue weighted by Gasteiger charge is -2.17. The molecule has 4 heteroatoms. The van der Waals surface area contributed by atoms with Crippen molar-refractivity contribution in [3.63, 3.8) is 0 Å². The van der Waals surface area contributed by atoms with Crippen LogP contribution in [0.1, 0.15) is 18.4 Å². The standard InChI is InChI=1S/C13H14N2O2/c16-13(17)15(10-5-6-10)8-9-7-14-12-4-2-1-3-11(9)12/h1-4,7,10,14H,5-6,8H2,(H,16,17). The minimum absolute atomic E-state index is 0.223. The van der Waals surface area contributed by atoms with Crippen LogP contribution in [0.15, 0.2) is 30.5 Å². The number of rotatable bonds is 3. The lowest BCUT2D eigenvalue weighted by Crippen LogP contribution is -2.30. The SMILES string of the molecule is O=C(O)N(Cc1c[nH]c2ccccc12)C1CC1. The molecule has 3 rings (SSSR count). The second-order valence-corrected chi connectivity index (χ2v) is 4.50. The van der Waals surface area contributed by atoms with Gasteiger partial charge in [-0.25, -0.2) is 4.79 Å². The van der Waals surface area contributed by atoms with Crippen LogP contribution in [0.3, 0.4) is 0 Å². The zero-order valence-electron chi connectivity index (χ0n) is 9.39. The molecule has 1 aliphatic carbocycles. The Labute approximate surface area is 98.9 Å². The first-order valence-corrected chi connectivity index (χ1v) is 5.80. The molecule has 1 saturated carbocycles. The smallest absolute Gasteiger partial charge is 0.407 e. The molecular weight excluding hydrogens is 216 g/mol. The van der Waals surface area contributed by atoms with Crippen molar-refractivity contribution in [2.24, 2.45) is 0 Å². The summed E-state index contributed by atoms with van der Waals surface area (Å²) in [6.45, 7) is 0.476. The Hall–Kier alpha value is -1.97. The molecule has 1 aliphatic rings. The Bertz CT molecular complexity index is 557. The first-order chi connectivity index (χ1) is 8.25. The van der Waals surface area contributed by atoms with Gasteiger partial charge in [0.2, 0.25) is 0 Å². The van der Waals surface area contributed by atoms with Crippen LogP contribution < -0.4 is 0 Å². The summed E-state index contributed by atoms with van der Waals surface area (Å²) in [6.07, 6.45) is 3.07. The molecule has 4 nitrogen and oxygen atoms in total. The van der Waals surface area contributed by atoms with Crippen LogP contribution in [-0.4, -0.2) is 27.1 Å². The van der Waals surface area contributed by atoms with Gasteiger partial charge in [0.15, 0.2) is 0 Å². The summed E-state index contributed by atoms with van der Waals surface area (Å²) in [5, 5.41) is 10.3. The van der Waals surface area contributed by atoms with Crippen LogP contribution in [0.2, 0.25) is 0 Å². The minimum atomic E-state index is -0.821. The Morgan fingerprint density at radius 2 is 2.18 bits per heavy atom. The second kappa shape index (κ2) is 3.80. The van der Waals surface area contributed by atoms with E-state index in [0.29, 0.717) is 6.54 Å². The molecule has 0 aliphatic heterocycles. The minimum Gasteiger partial charge on any atom is -0.465 e. The summed E-state index contributed by atoms with van der Waals surface area (Å²) in [7, 11) is 0. The van der Waals surface area contributed by atoms with Gasteiger partial charge in [0.1, 0.15) is 0 Å². The third-order valence-corrected chi connectivity index (χ3v) is 3.25. The van der Waals surface area contributed by atoms with Crippen molar-refractivity contribution in [1.29, 1.82) is 0 Å². The van der Waals surface area contributed by atoms with Crippen molar-refractivity contribution in [2.75, 3.05) is 0 Å². The van der Waals surface area contributed by atoms with Gasteiger partial charge >= 0.3 is 6.09 Å². The average molecular weight is 230 g/mol. The second-order valence-electron chi connectivity index (χ2n) is 4.50. The number of carboxylic acid groups (broad SMARTS) is 1. The molecule has 0 atom stereocenters. The number of H-pyrrole nitrogens is 1. The molecule has 0 radical (unpaired) electrons. The first kappa shape index (κ1) is 10.2. The van der Waals surface area contributed by atoms with Gasteiger partial charge in [-0.2, -0.15) is 0 Å². The summed E-state index contributed by atoms with van der Waals surface area (Å²) in [6, 6.07) is 8.19. The largest absolute Gasteiger partial charge is 0.465 e. The van der Waals surface area contributed by atoms with Gasteiger partial charge in [0.05, 0.1) is 6.54 Å². The van der Waals surface area contributed by atoms with E-state index >= 15 is 0 Å². The van der Waals surface area contributed by atoms with E-state index < -0.39 is 6.09 Å². The van der Waals surface area contributed by atoms with Gasteiger partial charge in [-0.1, -0.05) is 18.2 Å². The number of aromatic nitrogens is 1. The number of carbonyl (C=O) groups is 1. The van der Waals surface area contributed by atoms with E-state index in [9.17, 15) is 9.90 Å².